The van der Waals surface area contributed by atoms with E-state index in [1.165, 1.54) is 12.7 Å². The van der Waals surface area contributed by atoms with Gasteiger partial charge in [-0.25, -0.2) is 0 Å². The molecule has 1 aliphatic carbocycles. The van der Waals surface area contributed by atoms with Crippen LogP contribution in [0.5, 0.6) is 0 Å². The zero-order chi connectivity index (χ0) is 20.5. The van der Waals surface area contributed by atoms with Gasteiger partial charge in [-0.15, -0.1) is 0 Å². The summed E-state index contributed by atoms with van der Waals surface area (Å²) in [5.74, 6) is 0.433. The van der Waals surface area contributed by atoms with Crippen molar-refractivity contribution < 1.29 is 13.6 Å². The zero-order valence-electron chi connectivity index (χ0n) is 16.7. The summed E-state index contributed by atoms with van der Waals surface area (Å²) in [4.78, 5) is 28.4. The van der Waals surface area contributed by atoms with E-state index in [0.29, 0.717) is 17.5 Å². The number of para-hydroxylation sites is 2. The highest BCUT2D eigenvalue weighted by molar-refractivity contribution is 5.96. The topological polar surface area (TPSA) is 63.7 Å². The van der Waals surface area contributed by atoms with Crippen molar-refractivity contribution in [3.05, 3.63) is 82.4 Å². The van der Waals surface area contributed by atoms with Gasteiger partial charge in [-0.05, 0) is 37.1 Å². The number of furan rings is 1. The lowest BCUT2D eigenvalue weighted by Gasteiger charge is -2.33. The van der Waals surface area contributed by atoms with Gasteiger partial charge in [0.15, 0.2) is 0 Å². The number of carbonyl (C=O) groups is 1. The van der Waals surface area contributed by atoms with E-state index in [1.54, 1.807) is 23.1 Å². The summed E-state index contributed by atoms with van der Waals surface area (Å²) in [5.41, 5.74) is 1.08. The van der Waals surface area contributed by atoms with E-state index in [0.717, 1.165) is 42.4 Å². The molecule has 1 amide bonds. The number of benzene rings is 2. The number of fused-ring (bicyclic) bond motifs is 2. The van der Waals surface area contributed by atoms with E-state index >= 15 is 0 Å². The molecule has 2 aromatic heterocycles. The molecule has 1 aliphatic rings. The summed E-state index contributed by atoms with van der Waals surface area (Å²) < 4.78 is 11.6. The van der Waals surface area contributed by atoms with E-state index in [2.05, 4.69) is 0 Å². The summed E-state index contributed by atoms with van der Waals surface area (Å²) >= 11 is 0. The van der Waals surface area contributed by atoms with Gasteiger partial charge in [-0.2, -0.15) is 0 Å². The van der Waals surface area contributed by atoms with Gasteiger partial charge >= 0.3 is 0 Å². The van der Waals surface area contributed by atoms with Gasteiger partial charge in [-0.1, -0.05) is 49.6 Å². The SMILES string of the molecule is O=C(c1coc2ccccc2c1=O)N(Cc1cc2ccccc2o1)C1CCCCC1. The van der Waals surface area contributed by atoms with Gasteiger partial charge in [0.2, 0.25) is 5.43 Å². The van der Waals surface area contributed by atoms with Crippen LogP contribution in [0.25, 0.3) is 21.9 Å². The number of carbonyl (C=O) groups excluding carboxylic acids is 1. The van der Waals surface area contributed by atoms with Crippen LogP contribution in [0.4, 0.5) is 0 Å². The monoisotopic (exact) mass is 401 g/mol. The van der Waals surface area contributed by atoms with Crippen molar-refractivity contribution in [2.45, 2.75) is 44.7 Å². The maximum Gasteiger partial charge on any atom is 0.261 e. The molecule has 0 aliphatic heterocycles. The van der Waals surface area contributed by atoms with Gasteiger partial charge in [0.1, 0.15) is 28.8 Å². The lowest BCUT2D eigenvalue weighted by Crippen LogP contribution is -2.42. The molecule has 1 fully saturated rings. The molecule has 0 saturated heterocycles. The van der Waals surface area contributed by atoms with Crippen molar-refractivity contribution in [3.8, 4) is 0 Å². The summed E-state index contributed by atoms with van der Waals surface area (Å²) in [5, 5.41) is 1.43. The molecule has 0 radical (unpaired) electrons. The third kappa shape index (κ3) is 3.41. The first-order valence-corrected chi connectivity index (χ1v) is 10.5. The maximum atomic E-state index is 13.6. The smallest absolute Gasteiger partial charge is 0.261 e. The Morgan fingerprint density at radius 1 is 0.967 bits per heavy atom. The van der Waals surface area contributed by atoms with Crippen LogP contribution < -0.4 is 5.43 Å². The first-order valence-electron chi connectivity index (χ1n) is 10.5. The largest absolute Gasteiger partial charge is 0.463 e. The van der Waals surface area contributed by atoms with Gasteiger partial charge in [0, 0.05) is 11.4 Å². The highest BCUT2D eigenvalue weighted by Crippen LogP contribution is 2.27. The van der Waals surface area contributed by atoms with Crippen LogP contribution in [0.15, 0.2) is 74.5 Å². The minimum Gasteiger partial charge on any atom is -0.463 e. The molecule has 5 rings (SSSR count). The number of nitrogens with zero attached hydrogens (tertiary/aromatic N) is 1. The molecular formula is C25H23NO4. The third-order valence-corrected chi connectivity index (χ3v) is 5.99. The molecule has 2 aromatic carbocycles. The van der Waals surface area contributed by atoms with E-state index in [9.17, 15) is 9.59 Å². The van der Waals surface area contributed by atoms with Gasteiger partial charge in [0.25, 0.3) is 5.91 Å². The molecule has 5 nitrogen and oxygen atoms in total. The van der Waals surface area contributed by atoms with Crippen molar-refractivity contribution in [1.29, 1.82) is 0 Å². The highest BCUT2D eigenvalue weighted by atomic mass is 16.3. The van der Waals surface area contributed by atoms with E-state index in [1.807, 2.05) is 36.4 Å². The normalized spacial score (nSPS) is 14.9. The lowest BCUT2D eigenvalue weighted by molar-refractivity contribution is 0.0594. The van der Waals surface area contributed by atoms with Crippen molar-refractivity contribution in [3.63, 3.8) is 0 Å². The van der Waals surface area contributed by atoms with E-state index in [-0.39, 0.29) is 22.9 Å². The Morgan fingerprint density at radius 2 is 1.70 bits per heavy atom. The molecule has 30 heavy (non-hydrogen) atoms. The first kappa shape index (κ1) is 18.7. The average molecular weight is 401 g/mol. The maximum absolute atomic E-state index is 13.6. The summed E-state index contributed by atoms with van der Waals surface area (Å²) in [6.45, 7) is 0.338. The Bertz CT molecular complexity index is 1230. The first-order chi connectivity index (χ1) is 14.7. The second-order valence-electron chi connectivity index (χ2n) is 7.95. The Balaban J connectivity index is 1.53. The predicted molar refractivity (Wildman–Crippen MR) is 115 cm³/mol. The van der Waals surface area contributed by atoms with Crippen molar-refractivity contribution >= 4 is 27.8 Å². The second-order valence-corrected chi connectivity index (χ2v) is 7.95. The van der Waals surface area contributed by atoms with Gasteiger partial charge in [-0.3, -0.25) is 9.59 Å². The number of amides is 1. The Morgan fingerprint density at radius 3 is 2.50 bits per heavy atom. The van der Waals surface area contributed by atoms with Crippen LogP contribution in [0, 0.1) is 0 Å². The molecular weight excluding hydrogens is 378 g/mol. The number of hydrogen-bond donors (Lipinski definition) is 0. The zero-order valence-corrected chi connectivity index (χ0v) is 16.7. The number of hydrogen-bond acceptors (Lipinski definition) is 4. The van der Waals surface area contributed by atoms with Gasteiger partial charge in [0.05, 0.1) is 11.9 Å². The minimum atomic E-state index is -0.290. The Kier molecular flexibility index (Phi) is 4.87. The fraction of sp³-hybridized carbons (Fsp3) is 0.280. The van der Waals surface area contributed by atoms with Crippen molar-refractivity contribution in [2.75, 3.05) is 0 Å². The molecule has 0 unspecified atom stereocenters. The second kappa shape index (κ2) is 7.82. The molecule has 4 aromatic rings. The van der Waals surface area contributed by atoms with Crippen LogP contribution in [-0.2, 0) is 6.54 Å². The molecule has 0 atom stereocenters. The molecule has 152 valence electrons. The summed E-state index contributed by atoms with van der Waals surface area (Å²) in [6.07, 6.45) is 6.53. The summed E-state index contributed by atoms with van der Waals surface area (Å²) in [7, 11) is 0. The van der Waals surface area contributed by atoms with Crippen LogP contribution in [0.2, 0.25) is 0 Å². The lowest BCUT2D eigenvalue weighted by atomic mass is 9.93. The van der Waals surface area contributed by atoms with Crippen LogP contribution >= 0.6 is 0 Å². The van der Waals surface area contributed by atoms with Crippen LogP contribution in [0.1, 0.15) is 48.2 Å². The molecule has 0 spiro atoms. The average Bonchev–Trinajstić information content (AvgIpc) is 3.21. The van der Waals surface area contributed by atoms with Crippen molar-refractivity contribution in [2.24, 2.45) is 0 Å². The molecule has 5 heteroatoms. The molecule has 0 N–H and O–H groups in total. The minimum absolute atomic E-state index is 0.0791. The third-order valence-electron chi connectivity index (χ3n) is 5.99. The van der Waals surface area contributed by atoms with E-state index < -0.39 is 0 Å². The molecule has 0 bridgehead atoms. The summed E-state index contributed by atoms with van der Waals surface area (Å²) in [6, 6.07) is 16.9. The fourth-order valence-electron chi connectivity index (χ4n) is 4.42. The van der Waals surface area contributed by atoms with Gasteiger partial charge < -0.3 is 13.7 Å². The highest BCUT2D eigenvalue weighted by Gasteiger charge is 2.29. The Hall–Kier alpha value is -3.34. The quantitative estimate of drug-likeness (QED) is 0.452. The van der Waals surface area contributed by atoms with E-state index in [4.69, 9.17) is 8.83 Å². The molecule has 2 heterocycles. The van der Waals surface area contributed by atoms with Crippen molar-refractivity contribution in [1.82, 2.24) is 4.90 Å². The Labute approximate surface area is 173 Å². The standard InChI is InChI=1S/C25H23NO4/c27-24-20-11-5-7-13-23(20)29-16-21(24)25(28)26(18-9-2-1-3-10-18)15-19-14-17-8-4-6-12-22(17)30-19/h4-8,11-14,16,18H,1-3,9-10,15H2. The molecule has 1 saturated carbocycles. The van der Waals surface area contributed by atoms with Crippen LogP contribution in [0.3, 0.4) is 0 Å². The number of rotatable bonds is 4. The van der Waals surface area contributed by atoms with Crippen LogP contribution in [-0.4, -0.2) is 16.8 Å². The predicted octanol–water partition coefficient (Wildman–Crippen LogP) is 5.51. The fourth-order valence-corrected chi connectivity index (χ4v) is 4.42.